The van der Waals surface area contributed by atoms with Crippen molar-refractivity contribution in [3.63, 3.8) is 0 Å². The third-order valence-corrected chi connectivity index (χ3v) is 5.30. The molecule has 0 saturated heterocycles. The lowest BCUT2D eigenvalue weighted by Crippen LogP contribution is -2.33. The fraction of sp³-hybridized carbons (Fsp3) is 0.143. The predicted molar refractivity (Wildman–Crippen MR) is 114 cm³/mol. The summed E-state index contributed by atoms with van der Waals surface area (Å²) in [7, 11) is 1.76. The zero-order valence-corrected chi connectivity index (χ0v) is 16.6. The first kappa shape index (κ1) is 18.8. The number of amides is 2. The Morgan fingerprint density at radius 3 is 2.62 bits per heavy atom. The van der Waals surface area contributed by atoms with Gasteiger partial charge in [-0.1, -0.05) is 36.4 Å². The van der Waals surface area contributed by atoms with Crippen LogP contribution < -0.4 is 10.6 Å². The summed E-state index contributed by atoms with van der Waals surface area (Å²) in [5.41, 5.74) is 3.12. The highest BCUT2D eigenvalue weighted by Gasteiger charge is 2.12. The van der Waals surface area contributed by atoms with E-state index in [0.717, 1.165) is 21.3 Å². The van der Waals surface area contributed by atoms with Crippen LogP contribution in [0, 0.1) is 0 Å². The van der Waals surface area contributed by atoms with Crippen LogP contribution in [0.3, 0.4) is 0 Å². The summed E-state index contributed by atoms with van der Waals surface area (Å²) < 4.78 is 2.62. The number of fused-ring (bicyclic) bond motifs is 1. The van der Waals surface area contributed by atoms with Crippen molar-refractivity contribution in [1.29, 1.82) is 0 Å². The summed E-state index contributed by atoms with van der Waals surface area (Å²) in [4.78, 5) is 28.6. The number of rotatable bonds is 6. The molecule has 0 fully saturated rings. The molecule has 0 saturated carbocycles. The second-order valence-electron chi connectivity index (χ2n) is 6.53. The Balaban J connectivity index is 1.36. The van der Waals surface area contributed by atoms with Crippen molar-refractivity contribution in [2.45, 2.75) is 6.42 Å². The van der Waals surface area contributed by atoms with Crippen LogP contribution >= 0.6 is 11.3 Å². The van der Waals surface area contributed by atoms with E-state index in [4.69, 9.17) is 0 Å². The quantitative estimate of drug-likeness (QED) is 0.516. The second-order valence-corrected chi connectivity index (χ2v) is 7.65. The number of benzene rings is 2. The Labute approximate surface area is 171 Å². The number of aromatic nitrogens is 3. The van der Waals surface area contributed by atoms with Crippen LogP contribution in [0.4, 0.5) is 5.82 Å². The Kier molecular flexibility index (Phi) is 5.35. The van der Waals surface area contributed by atoms with Gasteiger partial charge in [0, 0.05) is 19.3 Å². The Morgan fingerprint density at radius 1 is 1.03 bits per heavy atom. The van der Waals surface area contributed by atoms with Gasteiger partial charge in [0.05, 0.1) is 23.2 Å². The summed E-state index contributed by atoms with van der Waals surface area (Å²) in [6.07, 6.45) is 1.86. The van der Waals surface area contributed by atoms with Gasteiger partial charge in [-0.3, -0.25) is 14.3 Å². The lowest BCUT2D eigenvalue weighted by atomic mass is 10.1. The highest BCUT2D eigenvalue weighted by atomic mass is 32.1. The van der Waals surface area contributed by atoms with Gasteiger partial charge in [-0.15, -0.1) is 11.3 Å². The number of carbonyl (C=O) groups is 2. The fourth-order valence-electron chi connectivity index (χ4n) is 2.91. The van der Waals surface area contributed by atoms with Gasteiger partial charge >= 0.3 is 0 Å². The maximum atomic E-state index is 12.2. The van der Waals surface area contributed by atoms with E-state index in [0.29, 0.717) is 10.8 Å². The van der Waals surface area contributed by atoms with Crippen LogP contribution in [0.5, 0.6) is 0 Å². The minimum Gasteiger partial charge on any atom is -0.347 e. The minimum absolute atomic E-state index is 0.113. The SMILES string of the molecule is Cn1ccc(NC(=O)CNC(=O)Cc2nc3ccc(-c4ccccc4)cc3s2)n1. The van der Waals surface area contributed by atoms with Gasteiger partial charge in [-0.2, -0.15) is 5.10 Å². The van der Waals surface area contributed by atoms with Gasteiger partial charge in [-0.05, 0) is 23.3 Å². The van der Waals surface area contributed by atoms with Crippen molar-refractivity contribution in [3.8, 4) is 11.1 Å². The molecule has 2 heterocycles. The Hall–Kier alpha value is -3.52. The van der Waals surface area contributed by atoms with Gasteiger partial charge < -0.3 is 10.6 Å². The molecule has 4 rings (SSSR count). The molecule has 0 radical (unpaired) electrons. The number of hydrogen-bond donors (Lipinski definition) is 2. The van der Waals surface area contributed by atoms with Crippen LogP contribution in [-0.4, -0.2) is 33.1 Å². The van der Waals surface area contributed by atoms with Crippen molar-refractivity contribution in [1.82, 2.24) is 20.1 Å². The molecule has 29 heavy (non-hydrogen) atoms. The van der Waals surface area contributed by atoms with Crippen LogP contribution in [0.15, 0.2) is 60.8 Å². The number of thiazole rings is 1. The molecule has 0 aliphatic rings. The molecule has 2 aromatic heterocycles. The highest BCUT2D eigenvalue weighted by molar-refractivity contribution is 7.18. The van der Waals surface area contributed by atoms with E-state index in [1.54, 1.807) is 24.0 Å². The molecule has 4 aromatic rings. The Morgan fingerprint density at radius 2 is 1.86 bits per heavy atom. The number of aryl methyl sites for hydroxylation is 1. The number of nitrogens with zero attached hydrogens (tertiary/aromatic N) is 3. The lowest BCUT2D eigenvalue weighted by molar-refractivity contribution is -0.123. The van der Waals surface area contributed by atoms with Crippen LogP contribution in [0.25, 0.3) is 21.3 Å². The maximum absolute atomic E-state index is 12.2. The summed E-state index contributed by atoms with van der Waals surface area (Å²) in [5, 5.41) is 10.0. The average molecular weight is 405 g/mol. The Bertz CT molecular complexity index is 1170. The first-order chi connectivity index (χ1) is 14.1. The van der Waals surface area contributed by atoms with Gasteiger partial charge in [0.15, 0.2) is 5.82 Å². The molecule has 0 aliphatic carbocycles. The molecule has 0 aliphatic heterocycles. The normalized spacial score (nSPS) is 10.8. The third kappa shape index (κ3) is 4.67. The molecule has 8 heteroatoms. The molecule has 0 atom stereocenters. The smallest absolute Gasteiger partial charge is 0.244 e. The summed E-state index contributed by atoms with van der Waals surface area (Å²) >= 11 is 1.49. The second kappa shape index (κ2) is 8.24. The van der Waals surface area contributed by atoms with E-state index in [2.05, 4.69) is 38.9 Å². The fourth-order valence-corrected chi connectivity index (χ4v) is 3.91. The van der Waals surface area contributed by atoms with E-state index < -0.39 is 0 Å². The van der Waals surface area contributed by atoms with Crippen LogP contribution in [-0.2, 0) is 23.1 Å². The van der Waals surface area contributed by atoms with E-state index in [1.165, 1.54) is 11.3 Å². The van der Waals surface area contributed by atoms with Crippen LogP contribution in [0.1, 0.15) is 5.01 Å². The zero-order valence-electron chi connectivity index (χ0n) is 15.8. The van der Waals surface area contributed by atoms with Crippen molar-refractivity contribution in [2.75, 3.05) is 11.9 Å². The summed E-state index contributed by atoms with van der Waals surface area (Å²) in [6.45, 7) is -0.113. The summed E-state index contributed by atoms with van der Waals surface area (Å²) in [6, 6.07) is 17.9. The zero-order chi connectivity index (χ0) is 20.2. The predicted octanol–water partition coefficient (Wildman–Crippen LogP) is 2.99. The molecule has 146 valence electrons. The molecule has 7 nitrogen and oxygen atoms in total. The van der Waals surface area contributed by atoms with E-state index in [-0.39, 0.29) is 24.8 Å². The first-order valence-electron chi connectivity index (χ1n) is 9.08. The van der Waals surface area contributed by atoms with Gasteiger partial charge in [-0.25, -0.2) is 4.98 Å². The van der Waals surface area contributed by atoms with Crippen molar-refractivity contribution < 1.29 is 9.59 Å². The molecule has 0 unspecified atom stereocenters. The standard InChI is InChI=1S/C21H19N5O2S/c1-26-10-9-18(25-26)24-20(28)13-22-19(27)12-21-23-16-8-7-15(11-17(16)29-21)14-5-3-2-4-6-14/h2-11H,12-13H2,1H3,(H,22,27)(H,24,25,28). The van der Waals surface area contributed by atoms with E-state index in [9.17, 15) is 9.59 Å². The topological polar surface area (TPSA) is 88.9 Å². The minimum atomic E-state index is -0.325. The molecular formula is C21H19N5O2S. The van der Waals surface area contributed by atoms with Gasteiger partial charge in [0.2, 0.25) is 11.8 Å². The molecule has 2 N–H and O–H groups in total. The molecule has 0 bridgehead atoms. The van der Waals surface area contributed by atoms with Crippen molar-refractivity contribution in [3.05, 3.63) is 65.8 Å². The lowest BCUT2D eigenvalue weighted by Gasteiger charge is -2.04. The van der Waals surface area contributed by atoms with E-state index in [1.807, 2.05) is 30.3 Å². The largest absolute Gasteiger partial charge is 0.347 e. The van der Waals surface area contributed by atoms with E-state index >= 15 is 0 Å². The molecular weight excluding hydrogens is 386 g/mol. The third-order valence-electron chi connectivity index (χ3n) is 4.28. The molecule has 2 aromatic carbocycles. The average Bonchev–Trinajstić information content (AvgIpc) is 3.31. The number of nitrogens with one attached hydrogen (secondary N) is 2. The van der Waals surface area contributed by atoms with Crippen LogP contribution in [0.2, 0.25) is 0 Å². The molecule has 0 spiro atoms. The van der Waals surface area contributed by atoms with Crippen molar-refractivity contribution >= 4 is 39.2 Å². The first-order valence-corrected chi connectivity index (χ1v) is 9.89. The highest BCUT2D eigenvalue weighted by Crippen LogP contribution is 2.28. The van der Waals surface area contributed by atoms with Crippen molar-refractivity contribution in [2.24, 2.45) is 7.05 Å². The monoisotopic (exact) mass is 405 g/mol. The van der Waals surface area contributed by atoms with Gasteiger partial charge in [0.25, 0.3) is 0 Å². The summed E-state index contributed by atoms with van der Waals surface area (Å²) in [5.74, 6) is -0.121. The maximum Gasteiger partial charge on any atom is 0.244 e. The van der Waals surface area contributed by atoms with Gasteiger partial charge in [0.1, 0.15) is 5.01 Å². The number of anilines is 1. The number of hydrogen-bond acceptors (Lipinski definition) is 5. The molecule has 2 amide bonds. The number of carbonyl (C=O) groups excluding carboxylic acids is 2.